The van der Waals surface area contributed by atoms with Gasteiger partial charge < -0.3 is 5.32 Å². The highest BCUT2D eigenvalue weighted by atomic mass is 16.2. The Kier molecular flexibility index (Phi) is 3.89. The number of aromatic amines is 1. The van der Waals surface area contributed by atoms with Gasteiger partial charge in [-0.15, -0.1) is 0 Å². The molecule has 0 aliphatic heterocycles. The van der Waals surface area contributed by atoms with Crippen molar-refractivity contribution < 1.29 is 4.79 Å². The van der Waals surface area contributed by atoms with E-state index in [2.05, 4.69) is 25.8 Å². The minimum Gasteiger partial charge on any atom is -0.331 e. The maximum atomic E-state index is 12.1. The highest BCUT2D eigenvalue weighted by Gasteiger charge is 2.11. The van der Waals surface area contributed by atoms with Crippen LogP contribution < -0.4 is 10.6 Å². The van der Waals surface area contributed by atoms with Crippen molar-refractivity contribution in [1.29, 1.82) is 5.26 Å². The molecule has 0 aliphatic carbocycles. The molecule has 23 heavy (non-hydrogen) atoms. The summed E-state index contributed by atoms with van der Waals surface area (Å²) < 4.78 is 0. The van der Waals surface area contributed by atoms with Gasteiger partial charge in [-0.2, -0.15) is 10.4 Å². The van der Waals surface area contributed by atoms with Crippen LogP contribution in [0.4, 0.5) is 10.6 Å². The lowest BCUT2D eigenvalue weighted by Crippen LogP contribution is -2.31. The second-order valence-electron chi connectivity index (χ2n) is 5.03. The monoisotopic (exact) mass is 306 g/mol. The van der Waals surface area contributed by atoms with Crippen LogP contribution in [0.3, 0.4) is 0 Å². The molecule has 2 heterocycles. The fourth-order valence-electron chi connectivity index (χ4n) is 2.24. The average molecular weight is 306 g/mol. The molecular weight excluding hydrogens is 292 g/mol. The SMILES string of the molecule is CC(NC(=O)Nc1cc2[nH]nc(C#N)c2cn1)c1ccccc1. The van der Waals surface area contributed by atoms with Crippen LogP contribution in [0.1, 0.15) is 24.2 Å². The molecular formula is C16H14N6O. The highest BCUT2D eigenvalue weighted by molar-refractivity contribution is 5.91. The Balaban J connectivity index is 1.69. The van der Waals surface area contributed by atoms with Gasteiger partial charge >= 0.3 is 6.03 Å². The van der Waals surface area contributed by atoms with Crippen molar-refractivity contribution in [2.75, 3.05) is 5.32 Å². The molecule has 7 heteroatoms. The lowest BCUT2D eigenvalue weighted by atomic mass is 10.1. The third kappa shape index (κ3) is 3.11. The van der Waals surface area contributed by atoms with E-state index in [-0.39, 0.29) is 17.8 Å². The van der Waals surface area contributed by atoms with Crippen LogP contribution >= 0.6 is 0 Å². The fraction of sp³-hybridized carbons (Fsp3) is 0.125. The first-order valence-corrected chi connectivity index (χ1v) is 7.04. The largest absolute Gasteiger partial charge is 0.331 e. The van der Waals surface area contributed by atoms with E-state index in [9.17, 15) is 4.79 Å². The number of hydrogen-bond donors (Lipinski definition) is 3. The zero-order chi connectivity index (χ0) is 16.2. The summed E-state index contributed by atoms with van der Waals surface area (Å²) in [4.78, 5) is 16.2. The van der Waals surface area contributed by atoms with Gasteiger partial charge in [-0.3, -0.25) is 10.4 Å². The minimum absolute atomic E-state index is 0.128. The molecule has 3 rings (SSSR count). The smallest absolute Gasteiger partial charge is 0.320 e. The van der Waals surface area contributed by atoms with Crippen molar-refractivity contribution in [3.05, 3.63) is 53.9 Å². The van der Waals surface area contributed by atoms with Gasteiger partial charge in [0.15, 0.2) is 5.69 Å². The molecule has 114 valence electrons. The average Bonchev–Trinajstić information content (AvgIpc) is 2.97. The van der Waals surface area contributed by atoms with Gasteiger partial charge in [-0.05, 0) is 12.5 Å². The topological polar surface area (TPSA) is 106 Å². The van der Waals surface area contributed by atoms with Gasteiger partial charge in [0.2, 0.25) is 0 Å². The first-order chi connectivity index (χ1) is 11.2. The number of nitrogens with zero attached hydrogens (tertiary/aromatic N) is 3. The van der Waals surface area contributed by atoms with Crippen molar-refractivity contribution in [3.63, 3.8) is 0 Å². The Bertz CT molecular complexity index is 880. The number of amides is 2. The van der Waals surface area contributed by atoms with Crippen molar-refractivity contribution in [2.45, 2.75) is 13.0 Å². The highest BCUT2D eigenvalue weighted by Crippen LogP contribution is 2.17. The molecule has 2 amide bonds. The molecule has 0 radical (unpaired) electrons. The summed E-state index contributed by atoms with van der Waals surface area (Å²) in [5, 5.41) is 21.6. The molecule has 3 aromatic rings. The Morgan fingerprint density at radius 3 is 2.87 bits per heavy atom. The molecule has 1 atom stereocenters. The van der Waals surface area contributed by atoms with E-state index in [0.29, 0.717) is 16.7 Å². The summed E-state index contributed by atoms with van der Waals surface area (Å²) in [5.74, 6) is 0.378. The number of nitriles is 1. The van der Waals surface area contributed by atoms with Gasteiger partial charge in [0.25, 0.3) is 0 Å². The number of urea groups is 1. The number of anilines is 1. The Morgan fingerprint density at radius 2 is 2.13 bits per heavy atom. The summed E-state index contributed by atoms with van der Waals surface area (Å²) in [7, 11) is 0. The molecule has 1 unspecified atom stereocenters. The number of carbonyl (C=O) groups is 1. The number of pyridine rings is 1. The van der Waals surface area contributed by atoms with E-state index >= 15 is 0 Å². The summed E-state index contributed by atoms with van der Waals surface area (Å²) in [6, 6.07) is 12.8. The molecule has 0 aliphatic rings. The lowest BCUT2D eigenvalue weighted by molar-refractivity contribution is 0.249. The van der Waals surface area contributed by atoms with Crippen molar-refractivity contribution >= 4 is 22.8 Å². The van der Waals surface area contributed by atoms with Gasteiger partial charge in [-0.1, -0.05) is 30.3 Å². The van der Waals surface area contributed by atoms with Crippen molar-refractivity contribution in [3.8, 4) is 6.07 Å². The Hall–Kier alpha value is -3.40. The second kappa shape index (κ2) is 6.15. The van der Waals surface area contributed by atoms with E-state index in [1.165, 1.54) is 6.20 Å². The molecule has 7 nitrogen and oxygen atoms in total. The molecule has 0 spiro atoms. The Morgan fingerprint density at radius 1 is 1.35 bits per heavy atom. The van der Waals surface area contributed by atoms with Gasteiger partial charge in [0, 0.05) is 12.3 Å². The summed E-state index contributed by atoms with van der Waals surface area (Å²) in [6.07, 6.45) is 1.51. The maximum absolute atomic E-state index is 12.1. The molecule has 0 saturated carbocycles. The van der Waals surface area contributed by atoms with Crippen molar-refractivity contribution in [2.24, 2.45) is 0 Å². The number of rotatable bonds is 3. The summed E-state index contributed by atoms with van der Waals surface area (Å²) >= 11 is 0. The summed E-state index contributed by atoms with van der Waals surface area (Å²) in [6.45, 7) is 1.90. The van der Waals surface area contributed by atoms with Gasteiger partial charge in [0.05, 0.1) is 16.9 Å². The summed E-state index contributed by atoms with van der Waals surface area (Å²) in [5.41, 5.74) is 1.93. The predicted octanol–water partition coefficient (Wildman–Crippen LogP) is 2.71. The second-order valence-corrected chi connectivity index (χ2v) is 5.03. The number of benzene rings is 1. The van der Waals surface area contributed by atoms with Crippen LogP contribution in [-0.4, -0.2) is 21.2 Å². The molecule has 0 saturated heterocycles. The lowest BCUT2D eigenvalue weighted by Gasteiger charge is -2.14. The van der Waals surface area contributed by atoms with E-state index in [1.807, 2.05) is 43.3 Å². The number of aromatic nitrogens is 3. The molecule has 3 N–H and O–H groups in total. The van der Waals surface area contributed by atoms with Crippen LogP contribution in [0.2, 0.25) is 0 Å². The number of fused-ring (bicyclic) bond motifs is 1. The molecule has 0 fully saturated rings. The van der Waals surface area contributed by atoms with Gasteiger partial charge in [0.1, 0.15) is 11.9 Å². The normalized spacial score (nSPS) is 11.7. The molecule has 0 bridgehead atoms. The number of nitrogens with one attached hydrogen (secondary N) is 3. The van der Waals surface area contributed by atoms with E-state index in [0.717, 1.165) is 5.56 Å². The van der Waals surface area contributed by atoms with Crippen LogP contribution in [0, 0.1) is 11.3 Å². The molecule has 2 aromatic heterocycles. The van der Waals surface area contributed by atoms with E-state index in [1.54, 1.807) is 6.07 Å². The first kappa shape index (κ1) is 14.5. The number of carbonyl (C=O) groups excluding carboxylic acids is 1. The van der Waals surface area contributed by atoms with Gasteiger partial charge in [-0.25, -0.2) is 9.78 Å². The number of H-pyrrole nitrogens is 1. The maximum Gasteiger partial charge on any atom is 0.320 e. The predicted molar refractivity (Wildman–Crippen MR) is 85.6 cm³/mol. The fourth-order valence-corrected chi connectivity index (χ4v) is 2.24. The zero-order valence-corrected chi connectivity index (χ0v) is 12.4. The third-order valence-electron chi connectivity index (χ3n) is 3.44. The Labute approximate surface area is 132 Å². The number of hydrogen-bond acceptors (Lipinski definition) is 4. The zero-order valence-electron chi connectivity index (χ0n) is 12.4. The first-order valence-electron chi connectivity index (χ1n) is 7.04. The minimum atomic E-state index is -0.353. The van der Waals surface area contributed by atoms with Crippen LogP contribution in [-0.2, 0) is 0 Å². The van der Waals surface area contributed by atoms with E-state index < -0.39 is 0 Å². The van der Waals surface area contributed by atoms with Crippen LogP contribution in [0.15, 0.2) is 42.6 Å². The van der Waals surface area contributed by atoms with Crippen LogP contribution in [0.25, 0.3) is 10.9 Å². The quantitative estimate of drug-likeness (QED) is 0.691. The van der Waals surface area contributed by atoms with E-state index in [4.69, 9.17) is 5.26 Å². The standard InChI is InChI=1S/C16H14N6O/c1-10(11-5-3-2-4-6-11)19-16(23)20-15-7-13-12(9-18-15)14(8-17)22-21-13/h2-7,9-10H,1H3,(H,21,22)(H2,18,19,20,23). The molecule has 1 aromatic carbocycles. The van der Waals surface area contributed by atoms with Crippen molar-refractivity contribution in [1.82, 2.24) is 20.5 Å². The third-order valence-corrected chi connectivity index (χ3v) is 3.44. The van der Waals surface area contributed by atoms with Crippen LogP contribution in [0.5, 0.6) is 0 Å².